The Morgan fingerprint density at radius 3 is 2.50 bits per heavy atom. The first-order valence-electron chi connectivity index (χ1n) is 8.43. The summed E-state index contributed by atoms with van der Waals surface area (Å²) in [6, 6.07) is 7.98. The van der Waals surface area contributed by atoms with Crippen LogP contribution >= 0.6 is 35.3 Å². The molecule has 0 spiro atoms. The molecule has 0 saturated carbocycles. The van der Waals surface area contributed by atoms with Crippen LogP contribution in [0.25, 0.3) is 0 Å². The molecule has 28 heavy (non-hydrogen) atoms. The van der Waals surface area contributed by atoms with E-state index in [4.69, 9.17) is 4.74 Å². The summed E-state index contributed by atoms with van der Waals surface area (Å²) in [5.74, 6) is 0.489. The van der Waals surface area contributed by atoms with Crippen LogP contribution in [0.5, 0.6) is 0 Å². The number of hydrogen-bond acceptors (Lipinski definition) is 4. The fourth-order valence-electron chi connectivity index (χ4n) is 2.18. The maximum absolute atomic E-state index is 12.6. The quantitative estimate of drug-likeness (QED) is 0.314. The van der Waals surface area contributed by atoms with Crippen LogP contribution in [0.1, 0.15) is 35.7 Å². The number of ether oxygens (including phenoxy) is 1. The first-order chi connectivity index (χ1) is 12.8. The van der Waals surface area contributed by atoms with Crippen LogP contribution in [-0.2, 0) is 30.6 Å². The number of guanidine groups is 1. The van der Waals surface area contributed by atoms with Crippen molar-refractivity contribution in [3.63, 3.8) is 0 Å². The minimum absolute atomic E-state index is 0. The van der Waals surface area contributed by atoms with E-state index in [9.17, 15) is 13.2 Å². The average Bonchev–Trinajstić information content (AvgIpc) is 3.10. The predicted molar refractivity (Wildman–Crippen MR) is 116 cm³/mol. The number of alkyl halides is 3. The van der Waals surface area contributed by atoms with Gasteiger partial charge in [0.05, 0.1) is 19.3 Å². The molecule has 1 aromatic heterocycles. The highest BCUT2D eigenvalue weighted by Crippen LogP contribution is 2.29. The fourth-order valence-corrected chi connectivity index (χ4v) is 2.92. The van der Waals surface area contributed by atoms with Crippen LogP contribution in [0.2, 0.25) is 0 Å². The molecule has 0 atom stereocenters. The molecule has 0 fully saturated rings. The molecular formula is C18H24F3IN4OS. The van der Waals surface area contributed by atoms with Crippen molar-refractivity contribution in [2.45, 2.75) is 45.8 Å². The Bertz CT molecular complexity index is 765. The van der Waals surface area contributed by atoms with Gasteiger partial charge in [0.25, 0.3) is 0 Å². The lowest BCUT2D eigenvalue weighted by Gasteiger charge is -2.12. The third-order valence-electron chi connectivity index (χ3n) is 3.51. The molecule has 2 N–H and O–H groups in total. The number of halogens is 4. The van der Waals surface area contributed by atoms with Crippen LogP contribution in [0.3, 0.4) is 0 Å². The van der Waals surface area contributed by atoms with Gasteiger partial charge in [-0.25, -0.2) is 4.98 Å². The van der Waals surface area contributed by atoms with Crippen molar-refractivity contribution in [1.82, 2.24) is 15.6 Å². The van der Waals surface area contributed by atoms with Gasteiger partial charge in [-0.1, -0.05) is 24.3 Å². The standard InChI is InChI=1S/C18H23F3N4OS.HI/c1-12(2)26-10-14-6-4-5-13(7-14)8-23-17(22-3)24-9-16-25-15(11-27-16)18(19,20)21;/h4-7,11-12H,8-10H2,1-3H3,(H2,22,23,24);1H. The zero-order valence-corrected chi connectivity index (χ0v) is 19.0. The van der Waals surface area contributed by atoms with Gasteiger partial charge in [-0.2, -0.15) is 13.2 Å². The smallest absolute Gasteiger partial charge is 0.374 e. The van der Waals surface area contributed by atoms with Crippen molar-refractivity contribution in [2.75, 3.05) is 7.05 Å². The largest absolute Gasteiger partial charge is 0.434 e. The number of aromatic nitrogens is 1. The van der Waals surface area contributed by atoms with Crippen LogP contribution in [-0.4, -0.2) is 24.1 Å². The number of thiazole rings is 1. The number of aliphatic imine (C=N–C) groups is 1. The van der Waals surface area contributed by atoms with Crippen molar-refractivity contribution < 1.29 is 17.9 Å². The topological polar surface area (TPSA) is 58.5 Å². The first kappa shape index (κ1) is 24.6. The molecule has 0 bridgehead atoms. The van der Waals surface area contributed by atoms with E-state index >= 15 is 0 Å². The monoisotopic (exact) mass is 528 g/mol. The molecule has 1 heterocycles. The van der Waals surface area contributed by atoms with E-state index in [1.54, 1.807) is 7.05 Å². The Morgan fingerprint density at radius 2 is 1.89 bits per heavy atom. The summed E-state index contributed by atoms with van der Waals surface area (Å²) in [5.41, 5.74) is 1.26. The van der Waals surface area contributed by atoms with E-state index in [1.165, 1.54) is 0 Å². The number of benzene rings is 1. The lowest BCUT2D eigenvalue weighted by atomic mass is 10.1. The third kappa shape index (κ3) is 8.31. The van der Waals surface area contributed by atoms with Gasteiger partial charge in [-0.05, 0) is 25.0 Å². The van der Waals surface area contributed by atoms with Gasteiger partial charge < -0.3 is 15.4 Å². The molecule has 1 aromatic carbocycles. The van der Waals surface area contributed by atoms with Crippen molar-refractivity contribution in [3.8, 4) is 0 Å². The van der Waals surface area contributed by atoms with Gasteiger partial charge in [0.1, 0.15) is 5.01 Å². The van der Waals surface area contributed by atoms with Gasteiger partial charge in [-0.15, -0.1) is 35.3 Å². The van der Waals surface area contributed by atoms with Gasteiger partial charge >= 0.3 is 6.18 Å². The molecule has 0 aliphatic carbocycles. The van der Waals surface area contributed by atoms with Crippen molar-refractivity contribution in [3.05, 3.63) is 51.5 Å². The van der Waals surface area contributed by atoms with Gasteiger partial charge in [0.15, 0.2) is 11.7 Å². The Morgan fingerprint density at radius 1 is 1.21 bits per heavy atom. The zero-order chi connectivity index (χ0) is 19.9. The maximum Gasteiger partial charge on any atom is 0.434 e. The molecule has 156 valence electrons. The lowest BCUT2D eigenvalue weighted by Crippen LogP contribution is -2.36. The molecular weight excluding hydrogens is 504 g/mol. The maximum atomic E-state index is 12.6. The summed E-state index contributed by atoms with van der Waals surface area (Å²) in [5, 5.41) is 7.47. The van der Waals surface area contributed by atoms with Crippen LogP contribution in [0.15, 0.2) is 34.6 Å². The van der Waals surface area contributed by atoms with E-state index in [1.807, 2.05) is 38.1 Å². The molecule has 2 rings (SSSR count). The Hall–Kier alpha value is -1.40. The molecule has 0 amide bonds. The normalized spacial score (nSPS) is 12.0. The fraction of sp³-hybridized carbons (Fsp3) is 0.444. The van der Waals surface area contributed by atoms with Crippen molar-refractivity contribution >= 4 is 41.3 Å². The molecule has 0 aliphatic rings. The molecule has 0 radical (unpaired) electrons. The number of nitrogens with zero attached hydrogens (tertiary/aromatic N) is 2. The van der Waals surface area contributed by atoms with E-state index in [2.05, 4.69) is 20.6 Å². The minimum atomic E-state index is -4.42. The highest BCUT2D eigenvalue weighted by molar-refractivity contribution is 14.0. The molecule has 5 nitrogen and oxygen atoms in total. The van der Waals surface area contributed by atoms with E-state index < -0.39 is 11.9 Å². The summed E-state index contributed by atoms with van der Waals surface area (Å²) in [6.07, 6.45) is -4.25. The number of rotatable bonds is 7. The SMILES string of the molecule is CN=C(NCc1cccc(COC(C)C)c1)NCc1nc(C(F)(F)F)cs1.I. The van der Waals surface area contributed by atoms with E-state index in [0.29, 0.717) is 24.1 Å². The van der Waals surface area contributed by atoms with Crippen LogP contribution in [0, 0.1) is 0 Å². The summed E-state index contributed by atoms with van der Waals surface area (Å²) in [7, 11) is 1.60. The summed E-state index contributed by atoms with van der Waals surface area (Å²) in [4.78, 5) is 7.67. The van der Waals surface area contributed by atoms with Crippen molar-refractivity contribution in [1.29, 1.82) is 0 Å². The van der Waals surface area contributed by atoms with Gasteiger partial charge in [0.2, 0.25) is 0 Å². The molecule has 2 aromatic rings. The summed E-state index contributed by atoms with van der Waals surface area (Å²) in [6.45, 7) is 5.22. The highest BCUT2D eigenvalue weighted by atomic mass is 127. The predicted octanol–water partition coefficient (Wildman–Crippen LogP) is 4.57. The Balaban J connectivity index is 0.00000392. The molecule has 10 heteroatoms. The second-order valence-corrected chi connectivity index (χ2v) is 7.03. The summed E-state index contributed by atoms with van der Waals surface area (Å²) < 4.78 is 43.4. The van der Waals surface area contributed by atoms with Gasteiger partial charge in [-0.3, -0.25) is 4.99 Å². The molecule has 0 unspecified atom stereocenters. The Kier molecular flexibility index (Phi) is 10.2. The lowest BCUT2D eigenvalue weighted by molar-refractivity contribution is -0.140. The molecule has 0 aliphatic heterocycles. The third-order valence-corrected chi connectivity index (χ3v) is 4.36. The second-order valence-electron chi connectivity index (χ2n) is 6.08. The summed E-state index contributed by atoms with van der Waals surface area (Å²) >= 11 is 0.963. The van der Waals surface area contributed by atoms with Gasteiger partial charge in [0, 0.05) is 19.0 Å². The highest BCUT2D eigenvalue weighted by Gasteiger charge is 2.33. The minimum Gasteiger partial charge on any atom is -0.374 e. The molecule has 0 saturated heterocycles. The van der Waals surface area contributed by atoms with Crippen LogP contribution in [0.4, 0.5) is 13.2 Å². The average molecular weight is 528 g/mol. The number of nitrogens with one attached hydrogen (secondary N) is 2. The van der Waals surface area contributed by atoms with E-state index in [0.717, 1.165) is 27.8 Å². The Labute approximate surface area is 183 Å². The van der Waals surface area contributed by atoms with Crippen LogP contribution < -0.4 is 10.6 Å². The van der Waals surface area contributed by atoms with Crippen molar-refractivity contribution in [2.24, 2.45) is 4.99 Å². The first-order valence-corrected chi connectivity index (χ1v) is 9.31. The second kappa shape index (κ2) is 11.6. The number of hydrogen-bond donors (Lipinski definition) is 2. The zero-order valence-electron chi connectivity index (χ0n) is 15.8. The van der Waals surface area contributed by atoms with E-state index in [-0.39, 0.29) is 36.6 Å².